The Morgan fingerprint density at radius 2 is 1.56 bits per heavy atom. The molecule has 8 nitrogen and oxygen atoms in total. The van der Waals surface area contributed by atoms with E-state index >= 15 is 4.39 Å². The van der Waals surface area contributed by atoms with Gasteiger partial charge in [-0.15, -0.1) is 11.8 Å². The second-order valence-corrected chi connectivity index (χ2v) is 15.0. The van der Waals surface area contributed by atoms with E-state index in [0.29, 0.717) is 12.4 Å². The maximum Gasteiger partial charge on any atom is 0.264 e. The Bertz CT molecular complexity index is 1820. The summed E-state index contributed by atoms with van der Waals surface area (Å²) in [5.41, 5.74) is 1.27. The molecule has 0 unspecified atom stereocenters. The first-order valence-corrected chi connectivity index (χ1v) is 19.6. The van der Waals surface area contributed by atoms with Crippen molar-refractivity contribution >= 4 is 39.3 Å². The topological polar surface area (TPSA) is 96.0 Å². The van der Waals surface area contributed by atoms with Gasteiger partial charge in [-0.3, -0.25) is 13.9 Å². The first-order chi connectivity index (χ1) is 24.2. The first kappa shape index (κ1) is 36.9. The summed E-state index contributed by atoms with van der Waals surface area (Å²) in [5, 5.41) is 3.17. The van der Waals surface area contributed by atoms with E-state index in [9.17, 15) is 18.0 Å². The quantitative estimate of drug-likeness (QED) is 0.131. The van der Waals surface area contributed by atoms with Crippen molar-refractivity contribution in [2.75, 3.05) is 23.7 Å². The minimum atomic E-state index is -4.28. The zero-order chi connectivity index (χ0) is 35.5. The maximum absolute atomic E-state index is 15.2. The number of benzene rings is 4. The fourth-order valence-electron chi connectivity index (χ4n) is 6.19. The van der Waals surface area contributed by atoms with Crippen LogP contribution in [0.4, 0.5) is 10.1 Å². The predicted octanol–water partition coefficient (Wildman–Crippen LogP) is 7.23. The Morgan fingerprint density at radius 1 is 0.900 bits per heavy atom. The Hall–Kier alpha value is -4.35. The van der Waals surface area contributed by atoms with E-state index in [2.05, 4.69) is 5.32 Å². The normalized spacial score (nSPS) is 14.1. The largest absolute Gasteiger partial charge is 0.494 e. The van der Waals surface area contributed by atoms with E-state index in [1.807, 2.05) is 43.5 Å². The zero-order valence-corrected chi connectivity index (χ0v) is 30.1. The number of hydrogen-bond donors (Lipinski definition) is 1. The second kappa shape index (κ2) is 17.5. The Morgan fingerprint density at radius 3 is 2.20 bits per heavy atom. The third kappa shape index (κ3) is 9.45. The van der Waals surface area contributed by atoms with Gasteiger partial charge in [0.15, 0.2) is 0 Å². The van der Waals surface area contributed by atoms with Gasteiger partial charge in [0.25, 0.3) is 10.0 Å². The summed E-state index contributed by atoms with van der Waals surface area (Å²) in [7, 11) is -4.28. The molecule has 2 amide bonds. The number of amides is 2. The lowest BCUT2D eigenvalue weighted by molar-refractivity contribution is -0.140. The molecule has 1 fully saturated rings. The number of sulfonamides is 1. The number of carbonyl (C=O) groups excluding carboxylic acids is 2. The maximum atomic E-state index is 15.2. The van der Waals surface area contributed by atoms with Crippen LogP contribution in [0.5, 0.6) is 5.75 Å². The van der Waals surface area contributed by atoms with Crippen LogP contribution in [0, 0.1) is 5.82 Å². The highest BCUT2D eigenvalue weighted by Gasteiger charge is 2.36. The molecule has 1 aliphatic rings. The molecule has 0 spiro atoms. The fourth-order valence-corrected chi connectivity index (χ4v) is 8.01. The molecule has 264 valence electrons. The molecule has 1 saturated carbocycles. The SMILES string of the molecule is CCOc1ccc(N(CC(=O)N(Cc2ccccc2F)[C@@H](Cc2ccccc2)C(=O)NC2CCCCC2)S(=O)(=O)c2ccc(SC)cc2)cc1. The number of hydrogen-bond acceptors (Lipinski definition) is 6. The Kier molecular flexibility index (Phi) is 12.9. The van der Waals surface area contributed by atoms with Crippen LogP contribution < -0.4 is 14.4 Å². The summed E-state index contributed by atoms with van der Waals surface area (Å²) < 4.78 is 50.5. The molecule has 0 bridgehead atoms. The predicted molar refractivity (Wildman–Crippen MR) is 196 cm³/mol. The second-order valence-electron chi connectivity index (χ2n) is 12.3. The molecule has 1 aliphatic carbocycles. The molecule has 1 N–H and O–H groups in total. The number of nitrogens with zero attached hydrogens (tertiary/aromatic N) is 2. The van der Waals surface area contributed by atoms with E-state index in [-0.39, 0.29) is 41.1 Å². The molecule has 0 saturated heterocycles. The molecule has 0 heterocycles. The van der Waals surface area contributed by atoms with Gasteiger partial charge in [-0.05, 0) is 86.2 Å². The van der Waals surface area contributed by atoms with Gasteiger partial charge in [0.05, 0.1) is 17.2 Å². The minimum Gasteiger partial charge on any atom is -0.494 e. The fraction of sp³-hybridized carbons (Fsp3) is 0.333. The molecule has 0 radical (unpaired) electrons. The van der Waals surface area contributed by atoms with Crippen molar-refractivity contribution < 1.29 is 27.1 Å². The van der Waals surface area contributed by atoms with Crippen LogP contribution in [0.1, 0.15) is 50.2 Å². The third-order valence-corrected chi connectivity index (χ3v) is 11.4. The van der Waals surface area contributed by atoms with E-state index in [0.717, 1.165) is 46.9 Å². The lowest BCUT2D eigenvalue weighted by Crippen LogP contribution is -2.55. The number of carbonyl (C=O) groups is 2. The van der Waals surface area contributed by atoms with Crippen LogP contribution in [0.3, 0.4) is 0 Å². The third-order valence-electron chi connectivity index (χ3n) is 8.88. The molecule has 4 aromatic rings. The standard InChI is InChI=1S/C39H44FN3O5S2/c1-3-48-33-20-18-32(19-21-33)43(50(46,47)35-24-22-34(49-2)23-25-35)28-38(44)42(27-30-14-10-11-17-36(30)40)37(26-29-12-6-4-7-13-29)39(45)41-31-15-8-5-9-16-31/h4,6-7,10-14,17-25,31,37H,3,5,8-9,15-16,26-28H2,1-2H3,(H,41,45)/t37-/m0/s1. The van der Waals surface area contributed by atoms with Gasteiger partial charge in [0.1, 0.15) is 24.2 Å². The first-order valence-electron chi connectivity index (χ1n) is 17.0. The van der Waals surface area contributed by atoms with E-state index < -0.39 is 34.3 Å². The summed E-state index contributed by atoms with van der Waals surface area (Å²) in [4.78, 5) is 31.2. The highest BCUT2D eigenvalue weighted by molar-refractivity contribution is 7.98. The lowest BCUT2D eigenvalue weighted by atomic mass is 9.94. The van der Waals surface area contributed by atoms with Crippen LogP contribution in [0.2, 0.25) is 0 Å². The van der Waals surface area contributed by atoms with Crippen LogP contribution >= 0.6 is 11.8 Å². The molecule has 0 aromatic heterocycles. The van der Waals surface area contributed by atoms with Crippen molar-refractivity contribution in [1.82, 2.24) is 10.2 Å². The smallest absolute Gasteiger partial charge is 0.264 e. The minimum absolute atomic E-state index is 0.00788. The van der Waals surface area contributed by atoms with Crippen molar-refractivity contribution in [3.8, 4) is 5.75 Å². The highest BCUT2D eigenvalue weighted by Crippen LogP contribution is 2.28. The van der Waals surface area contributed by atoms with Crippen molar-refractivity contribution in [3.05, 3.63) is 120 Å². The molecular weight excluding hydrogens is 674 g/mol. The van der Waals surface area contributed by atoms with Gasteiger partial charge in [0.2, 0.25) is 11.8 Å². The van der Waals surface area contributed by atoms with E-state index in [4.69, 9.17) is 4.74 Å². The summed E-state index contributed by atoms with van der Waals surface area (Å²) in [6.45, 7) is 1.41. The van der Waals surface area contributed by atoms with Crippen LogP contribution in [0.25, 0.3) is 0 Å². The summed E-state index contributed by atoms with van der Waals surface area (Å²) in [6, 6.07) is 27.3. The number of anilines is 1. The van der Waals surface area contributed by atoms with Gasteiger partial charge in [-0.25, -0.2) is 12.8 Å². The number of rotatable bonds is 15. The average molecular weight is 718 g/mol. The van der Waals surface area contributed by atoms with Gasteiger partial charge >= 0.3 is 0 Å². The zero-order valence-electron chi connectivity index (χ0n) is 28.5. The molecular formula is C39H44FN3O5S2. The van der Waals surface area contributed by atoms with Gasteiger partial charge in [-0.1, -0.05) is 67.8 Å². The molecule has 1 atom stereocenters. The number of halogens is 1. The lowest BCUT2D eigenvalue weighted by Gasteiger charge is -2.35. The number of nitrogens with one attached hydrogen (secondary N) is 1. The van der Waals surface area contributed by atoms with Crippen molar-refractivity contribution in [2.45, 2.75) is 73.9 Å². The van der Waals surface area contributed by atoms with Gasteiger partial charge < -0.3 is 15.0 Å². The van der Waals surface area contributed by atoms with E-state index in [1.165, 1.54) is 34.9 Å². The molecule has 11 heteroatoms. The van der Waals surface area contributed by atoms with Crippen molar-refractivity contribution in [1.29, 1.82) is 0 Å². The van der Waals surface area contributed by atoms with E-state index in [1.54, 1.807) is 54.6 Å². The Balaban J connectivity index is 1.57. The molecule has 50 heavy (non-hydrogen) atoms. The van der Waals surface area contributed by atoms with Crippen LogP contribution in [-0.4, -0.2) is 56.6 Å². The highest BCUT2D eigenvalue weighted by atomic mass is 32.2. The molecule has 5 rings (SSSR count). The molecule has 4 aromatic carbocycles. The van der Waals surface area contributed by atoms with Crippen molar-refractivity contribution in [2.24, 2.45) is 0 Å². The summed E-state index contributed by atoms with van der Waals surface area (Å²) in [5.74, 6) is -0.978. The van der Waals surface area contributed by atoms with Gasteiger partial charge in [0, 0.05) is 29.5 Å². The Labute approximate surface area is 299 Å². The summed E-state index contributed by atoms with van der Waals surface area (Å²) >= 11 is 1.48. The monoisotopic (exact) mass is 717 g/mol. The molecule has 0 aliphatic heterocycles. The summed E-state index contributed by atoms with van der Waals surface area (Å²) in [6.07, 6.45) is 6.83. The van der Waals surface area contributed by atoms with Crippen LogP contribution in [0.15, 0.2) is 113 Å². The van der Waals surface area contributed by atoms with Gasteiger partial charge in [-0.2, -0.15) is 0 Å². The average Bonchev–Trinajstić information content (AvgIpc) is 3.14. The number of thioether (sulfide) groups is 1. The van der Waals surface area contributed by atoms with Crippen LogP contribution in [-0.2, 0) is 32.6 Å². The number of ether oxygens (including phenoxy) is 1. The van der Waals surface area contributed by atoms with Crippen molar-refractivity contribution in [3.63, 3.8) is 0 Å².